The molecule has 0 radical (unpaired) electrons. The van der Waals surface area contributed by atoms with Gasteiger partial charge in [-0.3, -0.25) is 0 Å². The number of rotatable bonds is 8. The molecule has 0 bridgehead atoms. The van der Waals surface area contributed by atoms with Crippen molar-refractivity contribution in [3.8, 4) is 0 Å². The van der Waals surface area contributed by atoms with Gasteiger partial charge in [-0.25, -0.2) is 0 Å². The van der Waals surface area contributed by atoms with Crippen molar-refractivity contribution in [3.05, 3.63) is 34.9 Å². The summed E-state index contributed by atoms with van der Waals surface area (Å²) in [4.78, 5) is 0. The minimum Gasteiger partial charge on any atom is -0.310 e. The summed E-state index contributed by atoms with van der Waals surface area (Å²) in [6.07, 6.45) is 5.06. The lowest BCUT2D eigenvalue weighted by Gasteiger charge is -2.24. The third-order valence-electron chi connectivity index (χ3n) is 3.87. The predicted molar refractivity (Wildman–Crippen MR) is 85.6 cm³/mol. The van der Waals surface area contributed by atoms with E-state index in [0.29, 0.717) is 6.04 Å². The van der Waals surface area contributed by atoms with Crippen LogP contribution in [0.5, 0.6) is 0 Å². The molecule has 108 valence electrons. The highest BCUT2D eigenvalue weighted by Crippen LogP contribution is 2.27. The fraction of sp³-hybridized carbons (Fsp3) is 0.667. The molecule has 0 aliphatic carbocycles. The molecule has 0 fully saturated rings. The van der Waals surface area contributed by atoms with Crippen LogP contribution in [0.1, 0.15) is 69.2 Å². The summed E-state index contributed by atoms with van der Waals surface area (Å²) >= 11 is 0. The van der Waals surface area contributed by atoms with Crippen molar-refractivity contribution < 1.29 is 0 Å². The maximum absolute atomic E-state index is 3.74. The largest absolute Gasteiger partial charge is 0.310 e. The van der Waals surface area contributed by atoms with E-state index in [0.717, 1.165) is 12.5 Å². The fourth-order valence-electron chi connectivity index (χ4n) is 2.79. The van der Waals surface area contributed by atoms with E-state index < -0.39 is 0 Å². The molecule has 1 nitrogen and oxygen atoms in total. The Kier molecular flexibility index (Phi) is 7.15. The van der Waals surface area contributed by atoms with Crippen LogP contribution in [0.3, 0.4) is 0 Å². The smallest absolute Gasteiger partial charge is 0.0325 e. The lowest BCUT2D eigenvalue weighted by Crippen LogP contribution is -2.24. The molecule has 2 unspecified atom stereocenters. The Balaban J connectivity index is 2.85. The predicted octanol–water partition coefficient (Wildman–Crippen LogP) is 5.17. The molecule has 1 aromatic rings. The molecule has 19 heavy (non-hydrogen) atoms. The van der Waals surface area contributed by atoms with E-state index in [1.54, 1.807) is 0 Å². The van der Waals surface area contributed by atoms with Crippen molar-refractivity contribution in [2.75, 3.05) is 6.54 Å². The number of benzene rings is 1. The van der Waals surface area contributed by atoms with Crippen LogP contribution in [0.2, 0.25) is 0 Å². The normalized spacial score (nSPS) is 14.4. The molecular weight excluding hydrogens is 230 g/mol. The Bertz CT molecular complexity index is 370. The second-order valence-electron chi connectivity index (χ2n) is 6.00. The van der Waals surface area contributed by atoms with E-state index in [4.69, 9.17) is 0 Å². The molecule has 0 spiro atoms. The van der Waals surface area contributed by atoms with E-state index in [1.807, 2.05) is 0 Å². The summed E-state index contributed by atoms with van der Waals surface area (Å²) in [6.45, 7) is 12.4. The maximum Gasteiger partial charge on any atom is 0.0325 e. The van der Waals surface area contributed by atoms with E-state index in [1.165, 1.54) is 42.4 Å². The van der Waals surface area contributed by atoms with Crippen molar-refractivity contribution in [1.82, 2.24) is 5.32 Å². The minimum atomic E-state index is 0.515. The van der Waals surface area contributed by atoms with E-state index in [2.05, 4.69) is 58.1 Å². The van der Waals surface area contributed by atoms with E-state index >= 15 is 0 Å². The molecule has 1 N–H and O–H groups in total. The van der Waals surface area contributed by atoms with Crippen LogP contribution in [-0.4, -0.2) is 6.54 Å². The second kappa shape index (κ2) is 8.37. The van der Waals surface area contributed by atoms with Gasteiger partial charge in [-0.1, -0.05) is 57.4 Å². The first-order valence-electron chi connectivity index (χ1n) is 7.89. The summed E-state index contributed by atoms with van der Waals surface area (Å²) < 4.78 is 0. The number of aryl methyl sites for hydroxylation is 2. The zero-order valence-electron chi connectivity index (χ0n) is 13.4. The van der Waals surface area contributed by atoms with Gasteiger partial charge in [-0.15, -0.1) is 0 Å². The Morgan fingerprint density at radius 2 is 1.84 bits per heavy atom. The van der Waals surface area contributed by atoms with Gasteiger partial charge in [0.05, 0.1) is 0 Å². The molecule has 0 aliphatic rings. The lowest BCUT2D eigenvalue weighted by atomic mass is 9.90. The third kappa shape index (κ3) is 5.36. The van der Waals surface area contributed by atoms with Crippen LogP contribution in [-0.2, 0) is 0 Å². The second-order valence-corrected chi connectivity index (χ2v) is 6.00. The Hall–Kier alpha value is -0.820. The van der Waals surface area contributed by atoms with E-state index in [-0.39, 0.29) is 0 Å². The number of hydrogen-bond acceptors (Lipinski definition) is 1. The molecule has 1 aromatic carbocycles. The first-order chi connectivity index (χ1) is 9.08. The van der Waals surface area contributed by atoms with Crippen molar-refractivity contribution in [1.29, 1.82) is 0 Å². The van der Waals surface area contributed by atoms with Gasteiger partial charge in [0.25, 0.3) is 0 Å². The molecule has 0 saturated heterocycles. The summed E-state index contributed by atoms with van der Waals surface area (Å²) in [5, 5.41) is 3.74. The average molecular weight is 261 g/mol. The van der Waals surface area contributed by atoms with Gasteiger partial charge in [0.2, 0.25) is 0 Å². The first-order valence-corrected chi connectivity index (χ1v) is 7.89. The van der Waals surface area contributed by atoms with Gasteiger partial charge in [-0.2, -0.15) is 0 Å². The highest BCUT2D eigenvalue weighted by Gasteiger charge is 2.16. The Morgan fingerprint density at radius 3 is 2.47 bits per heavy atom. The van der Waals surface area contributed by atoms with Crippen LogP contribution >= 0.6 is 0 Å². The quantitative estimate of drug-likeness (QED) is 0.680. The molecule has 1 heteroatoms. The van der Waals surface area contributed by atoms with Crippen molar-refractivity contribution in [2.45, 2.75) is 66.3 Å². The SMILES string of the molecule is CCCNC(CC(C)CCC)c1cc(C)ccc1C. The topological polar surface area (TPSA) is 12.0 Å². The molecule has 2 atom stereocenters. The molecule has 0 amide bonds. The summed E-state index contributed by atoms with van der Waals surface area (Å²) in [6, 6.07) is 7.35. The standard InChI is InChI=1S/C18H31N/c1-6-8-14(3)13-18(19-11-7-2)17-12-15(4)9-10-16(17)5/h9-10,12,14,18-19H,6-8,11,13H2,1-5H3. The van der Waals surface area contributed by atoms with Crippen LogP contribution < -0.4 is 5.32 Å². The first kappa shape index (κ1) is 16.2. The number of hydrogen-bond donors (Lipinski definition) is 1. The molecule has 0 saturated carbocycles. The van der Waals surface area contributed by atoms with Crippen molar-refractivity contribution >= 4 is 0 Å². The van der Waals surface area contributed by atoms with Crippen LogP contribution in [0.4, 0.5) is 0 Å². The average Bonchev–Trinajstić information content (AvgIpc) is 2.38. The van der Waals surface area contributed by atoms with Crippen LogP contribution in [0.15, 0.2) is 18.2 Å². The van der Waals surface area contributed by atoms with Gasteiger partial charge < -0.3 is 5.32 Å². The number of nitrogens with one attached hydrogen (secondary N) is 1. The molecule has 0 aliphatic heterocycles. The summed E-state index contributed by atoms with van der Waals surface area (Å²) in [5.41, 5.74) is 4.28. The molecule has 0 heterocycles. The van der Waals surface area contributed by atoms with Gasteiger partial charge >= 0.3 is 0 Å². The lowest BCUT2D eigenvalue weighted by molar-refractivity contribution is 0.389. The maximum atomic E-state index is 3.74. The van der Waals surface area contributed by atoms with Gasteiger partial charge in [0.1, 0.15) is 0 Å². The van der Waals surface area contributed by atoms with Gasteiger partial charge in [0.15, 0.2) is 0 Å². The summed E-state index contributed by atoms with van der Waals surface area (Å²) in [5.74, 6) is 0.791. The third-order valence-corrected chi connectivity index (χ3v) is 3.87. The zero-order valence-corrected chi connectivity index (χ0v) is 13.4. The van der Waals surface area contributed by atoms with Crippen LogP contribution in [0, 0.1) is 19.8 Å². The highest BCUT2D eigenvalue weighted by molar-refractivity contribution is 5.33. The summed E-state index contributed by atoms with van der Waals surface area (Å²) in [7, 11) is 0. The monoisotopic (exact) mass is 261 g/mol. The van der Waals surface area contributed by atoms with Crippen molar-refractivity contribution in [2.24, 2.45) is 5.92 Å². The Labute approximate surface area is 119 Å². The van der Waals surface area contributed by atoms with Gasteiger partial charge in [0, 0.05) is 6.04 Å². The Morgan fingerprint density at radius 1 is 1.11 bits per heavy atom. The van der Waals surface area contributed by atoms with Gasteiger partial charge in [-0.05, 0) is 50.3 Å². The van der Waals surface area contributed by atoms with E-state index in [9.17, 15) is 0 Å². The fourth-order valence-corrected chi connectivity index (χ4v) is 2.79. The zero-order chi connectivity index (χ0) is 14.3. The minimum absolute atomic E-state index is 0.515. The molecule has 0 aromatic heterocycles. The molecular formula is C18H31N. The molecule has 1 rings (SSSR count). The van der Waals surface area contributed by atoms with Crippen LogP contribution in [0.25, 0.3) is 0 Å². The van der Waals surface area contributed by atoms with Crippen molar-refractivity contribution in [3.63, 3.8) is 0 Å². The highest BCUT2D eigenvalue weighted by atomic mass is 14.9.